The number of rotatable bonds is 7. The molecule has 0 saturated heterocycles. The van der Waals surface area contributed by atoms with Gasteiger partial charge in [-0.05, 0) is 30.3 Å². The van der Waals surface area contributed by atoms with Crippen LogP contribution < -0.4 is 14.5 Å². The van der Waals surface area contributed by atoms with Gasteiger partial charge in [-0.25, -0.2) is 4.79 Å². The van der Waals surface area contributed by atoms with E-state index < -0.39 is 11.9 Å². The summed E-state index contributed by atoms with van der Waals surface area (Å²) in [6, 6.07) is 11.6. The van der Waals surface area contributed by atoms with E-state index in [0.29, 0.717) is 35.8 Å². The van der Waals surface area contributed by atoms with Gasteiger partial charge in [0.25, 0.3) is 5.91 Å². The molecule has 156 valence electrons. The molecule has 0 radical (unpaired) electrons. The van der Waals surface area contributed by atoms with Crippen LogP contribution in [0.25, 0.3) is 6.08 Å². The van der Waals surface area contributed by atoms with E-state index >= 15 is 0 Å². The number of aromatic carboxylic acids is 1. The van der Waals surface area contributed by atoms with Gasteiger partial charge < -0.3 is 19.5 Å². The lowest BCUT2D eigenvalue weighted by Gasteiger charge is -2.35. The van der Waals surface area contributed by atoms with E-state index in [1.54, 1.807) is 18.2 Å². The molecule has 3 rings (SSSR count). The Morgan fingerprint density at radius 3 is 2.60 bits per heavy atom. The Kier molecular flexibility index (Phi) is 6.48. The number of fused-ring (bicyclic) bond motifs is 1. The van der Waals surface area contributed by atoms with E-state index in [1.165, 1.54) is 48.3 Å². The normalized spacial score (nSPS) is 13.5. The zero-order chi connectivity index (χ0) is 21.7. The fraction of sp³-hybridized carbons (Fsp3) is 0.227. The first-order valence-corrected chi connectivity index (χ1v) is 9.25. The van der Waals surface area contributed by atoms with Crippen molar-refractivity contribution in [2.45, 2.75) is 0 Å². The minimum atomic E-state index is -1.12. The number of methoxy groups -OCH3 is 2. The molecule has 30 heavy (non-hydrogen) atoms. The molecule has 0 unspecified atom stereocenters. The Morgan fingerprint density at radius 2 is 1.90 bits per heavy atom. The average molecular weight is 410 g/mol. The second-order valence-corrected chi connectivity index (χ2v) is 6.55. The van der Waals surface area contributed by atoms with Crippen molar-refractivity contribution in [3.63, 3.8) is 0 Å². The third kappa shape index (κ3) is 4.33. The highest BCUT2D eigenvalue weighted by Gasteiger charge is 2.32. The first kappa shape index (κ1) is 21.1. The van der Waals surface area contributed by atoms with Gasteiger partial charge in [-0.2, -0.15) is 0 Å². The van der Waals surface area contributed by atoms with Crippen LogP contribution >= 0.6 is 0 Å². The van der Waals surface area contributed by atoms with E-state index in [2.05, 4.69) is 0 Å². The van der Waals surface area contributed by atoms with Crippen molar-refractivity contribution >= 4 is 35.2 Å². The number of hydrogen-bond acceptors (Lipinski definition) is 5. The summed E-state index contributed by atoms with van der Waals surface area (Å²) in [7, 11) is 3.07. The van der Waals surface area contributed by atoms with Crippen molar-refractivity contribution in [1.82, 2.24) is 0 Å². The van der Waals surface area contributed by atoms with Crippen LogP contribution in [0.3, 0.4) is 0 Å². The monoisotopic (exact) mass is 410 g/mol. The molecule has 0 aliphatic carbocycles. The maximum atomic E-state index is 12.9. The summed E-state index contributed by atoms with van der Waals surface area (Å²) in [6.07, 6.45) is 2.94. The molecule has 2 aromatic carbocycles. The summed E-state index contributed by atoms with van der Waals surface area (Å²) in [4.78, 5) is 39.8. The van der Waals surface area contributed by atoms with Crippen molar-refractivity contribution in [3.05, 3.63) is 59.7 Å². The highest BCUT2D eigenvalue weighted by molar-refractivity contribution is 6.15. The molecule has 0 saturated carbocycles. The van der Waals surface area contributed by atoms with Gasteiger partial charge >= 0.3 is 5.97 Å². The summed E-state index contributed by atoms with van der Waals surface area (Å²) < 4.78 is 10.3. The van der Waals surface area contributed by atoms with Crippen LogP contribution in [0.2, 0.25) is 0 Å². The van der Waals surface area contributed by atoms with Crippen molar-refractivity contribution in [3.8, 4) is 5.75 Å². The van der Waals surface area contributed by atoms with Crippen LogP contribution in [0.15, 0.2) is 48.5 Å². The van der Waals surface area contributed by atoms with Gasteiger partial charge in [0.2, 0.25) is 5.91 Å². The highest BCUT2D eigenvalue weighted by atomic mass is 16.5. The average Bonchev–Trinajstić information content (AvgIpc) is 2.76. The van der Waals surface area contributed by atoms with Crippen LogP contribution in [-0.4, -0.2) is 56.8 Å². The first-order valence-electron chi connectivity index (χ1n) is 9.25. The number of ether oxygens (including phenoxy) is 2. The molecule has 1 N–H and O–H groups in total. The molecular formula is C22H22N2O6. The van der Waals surface area contributed by atoms with Gasteiger partial charge in [0.1, 0.15) is 12.3 Å². The SMILES string of the molecule is COCCN1C(=O)CN(C(=O)/C=C/c2ccccc2OC)c2cc(C(=O)O)ccc21. The van der Waals surface area contributed by atoms with Gasteiger partial charge in [-0.1, -0.05) is 18.2 Å². The Labute approximate surface area is 173 Å². The maximum Gasteiger partial charge on any atom is 0.335 e. The third-order valence-electron chi connectivity index (χ3n) is 4.73. The Morgan fingerprint density at radius 1 is 1.13 bits per heavy atom. The lowest BCUT2D eigenvalue weighted by atomic mass is 10.1. The number of carbonyl (C=O) groups is 3. The molecule has 0 aromatic heterocycles. The smallest absolute Gasteiger partial charge is 0.335 e. The Balaban J connectivity index is 1.97. The lowest BCUT2D eigenvalue weighted by Crippen LogP contribution is -2.48. The number of carbonyl (C=O) groups excluding carboxylic acids is 2. The number of carboxylic acids is 1. The minimum absolute atomic E-state index is 0.0290. The zero-order valence-electron chi connectivity index (χ0n) is 16.7. The number of para-hydroxylation sites is 1. The number of amides is 2. The molecule has 0 atom stereocenters. The van der Waals surface area contributed by atoms with E-state index in [0.717, 1.165) is 0 Å². The molecule has 2 aromatic rings. The Bertz CT molecular complexity index is 1000. The molecule has 8 heteroatoms. The molecule has 1 aliphatic rings. The largest absolute Gasteiger partial charge is 0.496 e. The van der Waals surface area contributed by atoms with Crippen molar-refractivity contribution in [2.75, 3.05) is 43.7 Å². The molecular weight excluding hydrogens is 388 g/mol. The molecule has 1 heterocycles. The summed E-state index contributed by atoms with van der Waals surface area (Å²) in [6.45, 7) is 0.413. The summed E-state index contributed by atoms with van der Waals surface area (Å²) in [5.74, 6) is -1.23. The molecule has 0 bridgehead atoms. The van der Waals surface area contributed by atoms with Crippen LogP contribution in [0.5, 0.6) is 5.75 Å². The van der Waals surface area contributed by atoms with E-state index in [1.807, 2.05) is 12.1 Å². The van der Waals surface area contributed by atoms with Crippen LogP contribution in [-0.2, 0) is 14.3 Å². The minimum Gasteiger partial charge on any atom is -0.496 e. The van der Waals surface area contributed by atoms with Gasteiger partial charge in [0.05, 0.1) is 30.7 Å². The predicted octanol–water partition coefficient (Wildman–Crippen LogP) is 2.43. The fourth-order valence-electron chi connectivity index (χ4n) is 3.22. The second kappa shape index (κ2) is 9.23. The first-order chi connectivity index (χ1) is 14.5. The van der Waals surface area contributed by atoms with Gasteiger partial charge in [0, 0.05) is 25.3 Å². The fourth-order valence-corrected chi connectivity index (χ4v) is 3.22. The molecule has 8 nitrogen and oxygen atoms in total. The van der Waals surface area contributed by atoms with Crippen molar-refractivity contribution in [2.24, 2.45) is 0 Å². The van der Waals surface area contributed by atoms with Crippen LogP contribution in [0.1, 0.15) is 15.9 Å². The highest BCUT2D eigenvalue weighted by Crippen LogP contribution is 2.35. The second-order valence-electron chi connectivity index (χ2n) is 6.55. The molecule has 2 amide bonds. The van der Waals surface area contributed by atoms with Crippen LogP contribution in [0.4, 0.5) is 11.4 Å². The summed E-state index contributed by atoms with van der Waals surface area (Å²) in [5.41, 5.74) is 1.56. The number of nitrogens with zero attached hydrogens (tertiary/aromatic N) is 2. The number of hydrogen-bond donors (Lipinski definition) is 1. The van der Waals surface area contributed by atoms with Crippen molar-refractivity contribution in [1.29, 1.82) is 0 Å². The molecule has 0 spiro atoms. The Hall–Kier alpha value is -3.65. The van der Waals surface area contributed by atoms with E-state index in [4.69, 9.17) is 9.47 Å². The standard InChI is InChI=1S/C22H22N2O6/c1-29-12-11-23-17-9-7-16(22(27)28)13-18(17)24(14-21(23)26)20(25)10-8-15-5-3-4-6-19(15)30-2/h3-10,13H,11-12,14H2,1-2H3,(H,27,28)/b10-8+. The van der Waals surface area contributed by atoms with E-state index in [-0.39, 0.29) is 18.0 Å². The van der Waals surface area contributed by atoms with E-state index in [9.17, 15) is 19.5 Å². The van der Waals surface area contributed by atoms with Gasteiger partial charge in [-0.3, -0.25) is 14.5 Å². The number of anilines is 2. The summed E-state index contributed by atoms with van der Waals surface area (Å²) in [5, 5.41) is 9.35. The van der Waals surface area contributed by atoms with Gasteiger partial charge in [-0.15, -0.1) is 0 Å². The topological polar surface area (TPSA) is 96.4 Å². The zero-order valence-corrected chi connectivity index (χ0v) is 16.7. The molecule has 0 fully saturated rings. The van der Waals surface area contributed by atoms with Crippen LogP contribution in [0, 0.1) is 0 Å². The maximum absolute atomic E-state index is 12.9. The van der Waals surface area contributed by atoms with Gasteiger partial charge in [0.15, 0.2) is 0 Å². The van der Waals surface area contributed by atoms with Crippen molar-refractivity contribution < 1.29 is 29.0 Å². The lowest BCUT2D eigenvalue weighted by molar-refractivity contribution is -0.121. The summed E-state index contributed by atoms with van der Waals surface area (Å²) >= 11 is 0. The number of carboxylic acid groups (broad SMARTS) is 1. The number of benzene rings is 2. The third-order valence-corrected chi connectivity index (χ3v) is 4.73. The molecule has 1 aliphatic heterocycles. The quantitative estimate of drug-likeness (QED) is 0.705. The predicted molar refractivity (Wildman–Crippen MR) is 112 cm³/mol.